The lowest BCUT2D eigenvalue weighted by Gasteiger charge is -2.43. The third-order valence-corrected chi connectivity index (χ3v) is 5.56. The summed E-state index contributed by atoms with van der Waals surface area (Å²) in [6, 6.07) is 22.5. The van der Waals surface area contributed by atoms with Crippen molar-refractivity contribution in [1.82, 2.24) is 0 Å². The molecular weight excluding hydrogens is 379 g/mol. The van der Waals surface area contributed by atoms with E-state index in [0.29, 0.717) is 12.0 Å². The second-order valence-corrected chi connectivity index (χ2v) is 7.57. The summed E-state index contributed by atoms with van der Waals surface area (Å²) in [4.78, 5) is 29.5. The molecule has 0 saturated carbocycles. The first kappa shape index (κ1) is 19.8. The zero-order chi connectivity index (χ0) is 21.3. The Labute approximate surface area is 175 Å². The van der Waals surface area contributed by atoms with Crippen molar-refractivity contribution in [3.8, 4) is 0 Å². The standard InChI is InChI=1S/C25H23FN2O2/c1-17-16-24(22-10-6-7-11-23(22)27(17)18(2)29)28(21-8-4-3-5-9-21)25(30)19-12-14-20(26)15-13-19/h3-15,17,24H,16H2,1-2H3/t17-,24+/m0/s1. The second-order valence-electron chi connectivity index (χ2n) is 7.57. The molecule has 0 unspecified atom stereocenters. The van der Waals surface area contributed by atoms with Gasteiger partial charge in [0.05, 0.1) is 6.04 Å². The fourth-order valence-corrected chi connectivity index (χ4v) is 4.26. The Hall–Kier alpha value is -3.47. The molecule has 2 atom stereocenters. The highest BCUT2D eigenvalue weighted by atomic mass is 19.1. The average Bonchev–Trinajstić information content (AvgIpc) is 2.75. The number of amides is 2. The van der Waals surface area contributed by atoms with Crippen LogP contribution in [0.3, 0.4) is 0 Å². The number of hydrogen-bond donors (Lipinski definition) is 0. The fourth-order valence-electron chi connectivity index (χ4n) is 4.26. The van der Waals surface area contributed by atoms with E-state index in [1.165, 1.54) is 24.3 Å². The first-order chi connectivity index (χ1) is 14.5. The molecule has 0 saturated heterocycles. The van der Waals surface area contributed by atoms with Crippen molar-refractivity contribution in [3.63, 3.8) is 0 Å². The van der Waals surface area contributed by atoms with Crippen molar-refractivity contribution in [2.24, 2.45) is 0 Å². The minimum atomic E-state index is -0.383. The largest absolute Gasteiger partial charge is 0.309 e. The van der Waals surface area contributed by atoms with E-state index in [-0.39, 0.29) is 29.7 Å². The number of anilines is 2. The van der Waals surface area contributed by atoms with Gasteiger partial charge in [0.15, 0.2) is 0 Å². The lowest BCUT2D eigenvalue weighted by atomic mass is 9.89. The fraction of sp³-hybridized carbons (Fsp3) is 0.200. The van der Waals surface area contributed by atoms with Gasteiger partial charge in [-0.05, 0) is 61.4 Å². The van der Waals surface area contributed by atoms with Gasteiger partial charge >= 0.3 is 0 Å². The molecule has 4 nitrogen and oxygen atoms in total. The van der Waals surface area contributed by atoms with E-state index >= 15 is 0 Å². The molecule has 30 heavy (non-hydrogen) atoms. The molecule has 2 amide bonds. The third kappa shape index (κ3) is 3.59. The van der Waals surface area contributed by atoms with Crippen LogP contribution in [0.5, 0.6) is 0 Å². The number of para-hydroxylation sites is 2. The molecule has 0 N–H and O–H groups in total. The highest BCUT2D eigenvalue weighted by molar-refractivity contribution is 6.07. The lowest BCUT2D eigenvalue weighted by molar-refractivity contribution is -0.117. The molecule has 4 rings (SSSR count). The zero-order valence-corrected chi connectivity index (χ0v) is 17.0. The average molecular weight is 402 g/mol. The van der Waals surface area contributed by atoms with Crippen LogP contribution in [0.2, 0.25) is 0 Å². The number of nitrogens with zero attached hydrogens (tertiary/aromatic N) is 2. The van der Waals surface area contributed by atoms with Gasteiger partial charge in [0.1, 0.15) is 5.82 Å². The van der Waals surface area contributed by atoms with Gasteiger partial charge in [0, 0.05) is 29.9 Å². The predicted molar refractivity (Wildman–Crippen MR) is 116 cm³/mol. The number of fused-ring (bicyclic) bond motifs is 1. The summed E-state index contributed by atoms with van der Waals surface area (Å²) in [6.45, 7) is 3.56. The van der Waals surface area contributed by atoms with Gasteiger partial charge in [-0.3, -0.25) is 9.59 Å². The molecule has 1 aliphatic rings. The summed E-state index contributed by atoms with van der Waals surface area (Å²) < 4.78 is 13.4. The molecule has 0 aliphatic carbocycles. The van der Waals surface area contributed by atoms with E-state index in [0.717, 1.165) is 16.9 Å². The van der Waals surface area contributed by atoms with Crippen LogP contribution >= 0.6 is 0 Å². The van der Waals surface area contributed by atoms with Gasteiger partial charge in [-0.25, -0.2) is 4.39 Å². The van der Waals surface area contributed by atoms with Crippen molar-refractivity contribution >= 4 is 23.2 Å². The minimum absolute atomic E-state index is 0.0236. The molecule has 5 heteroatoms. The Morgan fingerprint density at radius 2 is 1.57 bits per heavy atom. The van der Waals surface area contributed by atoms with Crippen molar-refractivity contribution in [2.75, 3.05) is 9.80 Å². The molecule has 3 aromatic rings. The molecule has 0 fully saturated rings. The number of carbonyl (C=O) groups is 2. The Bertz CT molecular complexity index is 1070. The molecule has 0 bridgehead atoms. The van der Waals surface area contributed by atoms with E-state index in [2.05, 4.69) is 0 Å². The topological polar surface area (TPSA) is 40.6 Å². The Balaban J connectivity index is 1.85. The Kier molecular flexibility index (Phi) is 5.36. The van der Waals surface area contributed by atoms with Crippen LogP contribution < -0.4 is 9.80 Å². The quantitative estimate of drug-likeness (QED) is 0.592. The van der Waals surface area contributed by atoms with Crippen LogP contribution in [0.15, 0.2) is 78.9 Å². The summed E-state index contributed by atoms with van der Waals surface area (Å²) in [5.74, 6) is -0.611. The molecule has 0 spiro atoms. The van der Waals surface area contributed by atoms with E-state index in [1.807, 2.05) is 61.5 Å². The second kappa shape index (κ2) is 8.11. The molecular formula is C25H23FN2O2. The maximum absolute atomic E-state index is 13.6. The number of carbonyl (C=O) groups excluding carboxylic acids is 2. The Morgan fingerprint density at radius 1 is 0.933 bits per heavy atom. The molecule has 1 aliphatic heterocycles. The van der Waals surface area contributed by atoms with E-state index in [4.69, 9.17) is 0 Å². The minimum Gasteiger partial charge on any atom is -0.309 e. The van der Waals surface area contributed by atoms with Crippen molar-refractivity contribution < 1.29 is 14.0 Å². The maximum atomic E-state index is 13.6. The SMILES string of the molecule is CC(=O)N1c2ccccc2[C@H](N(C(=O)c2ccc(F)cc2)c2ccccc2)C[C@@H]1C. The highest BCUT2D eigenvalue weighted by Gasteiger charge is 2.37. The van der Waals surface area contributed by atoms with Crippen molar-refractivity contribution in [1.29, 1.82) is 0 Å². The smallest absolute Gasteiger partial charge is 0.258 e. The van der Waals surface area contributed by atoms with Gasteiger partial charge in [-0.2, -0.15) is 0 Å². The number of rotatable bonds is 3. The van der Waals surface area contributed by atoms with E-state index in [9.17, 15) is 14.0 Å². The lowest BCUT2D eigenvalue weighted by Crippen LogP contribution is -2.47. The maximum Gasteiger partial charge on any atom is 0.258 e. The van der Waals surface area contributed by atoms with Crippen LogP contribution in [-0.4, -0.2) is 17.9 Å². The van der Waals surface area contributed by atoms with Crippen LogP contribution in [0.4, 0.5) is 15.8 Å². The number of benzene rings is 3. The first-order valence-electron chi connectivity index (χ1n) is 10.00. The van der Waals surface area contributed by atoms with Gasteiger partial charge in [-0.1, -0.05) is 36.4 Å². The molecule has 152 valence electrons. The monoisotopic (exact) mass is 402 g/mol. The van der Waals surface area contributed by atoms with E-state index in [1.54, 1.807) is 16.7 Å². The zero-order valence-electron chi connectivity index (χ0n) is 17.0. The Morgan fingerprint density at radius 3 is 2.23 bits per heavy atom. The van der Waals surface area contributed by atoms with Crippen LogP contribution in [0, 0.1) is 5.82 Å². The van der Waals surface area contributed by atoms with Gasteiger partial charge in [0.25, 0.3) is 5.91 Å². The summed E-state index contributed by atoms with van der Waals surface area (Å²) >= 11 is 0. The number of halogens is 1. The summed E-state index contributed by atoms with van der Waals surface area (Å²) in [5, 5.41) is 0. The van der Waals surface area contributed by atoms with E-state index < -0.39 is 0 Å². The van der Waals surface area contributed by atoms with Crippen LogP contribution in [-0.2, 0) is 4.79 Å². The van der Waals surface area contributed by atoms with Crippen molar-refractivity contribution in [2.45, 2.75) is 32.4 Å². The summed E-state index contributed by atoms with van der Waals surface area (Å²) in [6.07, 6.45) is 0.596. The van der Waals surface area contributed by atoms with Crippen molar-refractivity contribution in [3.05, 3.63) is 95.8 Å². The van der Waals surface area contributed by atoms with Gasteiger partial charge < -0.3 is 9.80 Å². The summed E-state index contributed by atoms with van der Waals surface area (Å²) in [5.41, 5.74) is 2.92. The van der Waals surface area contributed by atoms with Crippen LogP contribution in [0.1, 0.15) is 42.2 Å². The predicted octanol–water partition coefficient (Wildman–Crippen LogP) is 5.36. The normalized spacial score (nSPS) is 17.9. The molecule has 0 aromatic heterocycles. The molecule has 1 heterocycles. The first-order valence-corrected chi connectivity index (χ1v) is 10.00. The van der Waals surface area contributed by atoms with Gasteiger partial charge in [-0.15, -0.1) is 0 Å². The number of hydrogen-bond acceptors (Lipinski definition) is 2. The summed E-state index contributed by atoms with van der Waals surface area (Å²) in [7, 11) is 0. The van der Waals surface area contributed by atoms with Crippen LogP contribution in [0.25, 0.3) is 0 Å². The third-order valence-electron chi connectivity index (χ3n) is 5.56. The highest BCUT2D eigenvalue weighted by Crippen LogP contribution is 2.42. The molecule has 3 aromatic carbocycles. The van der Waals surface area contributed by atoms with Gasteiger partial charge in [0.2, 0.25) is 5.91 Å². The molecule has 0 radical (unpaired) electrons.